The molecule has 0 aromatic carbocycles. The molecule has 0 aromatic rings. The van der Waals surface area contributed by atoms with Crippen LogP contribution in [0.3, 0.4) is 0 Å². The molecule has 18 heavy (non-hydrogen) atoms. The Hall–Kier alpha value is -1.58. The molecule has 0 aliphatic carbocycles. The van der Waals surface area contributed by atoms with Crippen molar-refractivity contribution in [3.63, 3.8) is 0 Å². The highest BCUT2D eigenvalue weighted by Crippen LogP contribution is 2.00. The summed E-state index contributed by atoms with van der Waals surface area (Å²) >= 11 is 0. The van der Waals surface area contributed by atoms with Gasteiger partial charge in [0, 0.05) is 13.1 Å². The summed E-state index contributed by atoms with van der Waals surface area (Å²) in [6.07, 6.45) is 5.04. The fourth-order valence-corrected chi connectivity index (χ4v) is 1.66. The number of nitrogens with one attached hydrogen (secondary N) is 2. The molecule has 1 saturated heterocycles. The van der Waals surface area contributed by atoms with E-state index in [9.17, 15) is 9.59 Å². The summed E-state index contributed by atoms with van der Waals surface area (Å²) in [7, 11) is 0. The normalized spacial score (nSPS) is 16.8. The third-order valence-electron chi connectivity index (χ3n) is 2.58. The zero-order valence-corrected chi connectivity index (χ0v) is 10.6. The van der Waals surface area contributed by atoms with E-state index in [1.165, 1.54) is 0 Å². The van der Waals surface area contributed by atoms with Crippen LogP contribution in [0.5, 0.6) is 0 Å². The molecule has 6 heteroatoms. The lowest BCUT2D eigenvalue weighted by Gasteiger charge is -2.29. The highest BCUT2D eigenvalue weighted by Gasteiger charge is 2.23. The van der Waals surface area contributed by atoms with Crippen LogP contribution in [-0.2, 0) is 14.3 Å². The predicted molar refractivity (Wildman–Crippen MR) is 66.7 cm³/mol. The molecule has 0 radical (unpaired) electrons. The molecule has 6 nitrogen and oxygen atoms in total. The number of carbonyl (C=O) groups is 2. The van der Waals surface area contributed by atoms with Gasteiger partial charge in [-0.1, -0.05) is 5.92 Å². The van der Waals surface area contributed by atoms with Crippen LogP contribution in [0.15, 0.2) is 0 Å². The second kappa shape index (κ2) is 7.69. The van der Waals surface area contributed by atoms with Crippen LogP contribution < -0.4 is 10.6 Å². The quantitative estimate of drug-likeness (QED) is 0.466. The van der Waals surface area contributed by atoms with Crippen molar-refractivity contribution in [1.82, 2.24) is 15.5 Å². The van der Waals surface area contributed by atoms with Crippen molar-refractivity contribution in [3.05, 3.63) is 0 Å². The average Bonchev–Trinajstić information content (AvgIpc) is 2.39. The van der Waals surface area contributed by atoms with E-state index < -0.39 is 6.04 Å². The number of nitrogens with zero attached hydrogens (tertiary/aromatic N) is 1. The van der Waals surface area contributed by atoms with Crippen LogP contribution in [0.25, 0.3) is 0 Å². The molecule has 0 bridgehead atoms. The molecule has 2 N–H and O–H groups in total. The fraction of sp³-hybridized carbons (Fsp3) is 0.667. The molecule has 1 aliphatic heterocycles. The lowest BCUT2D eigenvalue weighted by Crippen LogP contribution is -2.51. The fourth-order valence-electron chi connectivity index (χ4n) is 1.66. The van der Waals surface area contributed by atoms with E-state index in [2.05, 4.69) is 16.6 Å². The topological polar surface area (TPSA) is 70.7 Å². The van der Waals surface area contributed by atoms with Gasteiger partial charge in [-0.2, -0.15) is 0 Å². The number of hydrogen-bond acceptors (Lipinski definition) is 4. The van der Waals surface area contributed by atoms with Gasteiger partial charge >= 0.3 is 0 Å². The van der Waals surface area contributed by atoms with Crippen molar-refractivity contribution in [2.45, 2.75) is 13.0 Å². The first-order valence-electron chi connectivity index (χ1n) is 5.95. The Balaban J connectivity index is 2.30. The number of carbonyl (C=O) groups excluding carboxylic acids is 2. The van der Waals surface area contributed by atoms with Crippen molar-refractivity contribution in [2.24, 2.45) is 0 Å². The SMILES string of the molecule is C#CCNCC(=O)NC(C)C(=O)N1CCOCC1. The maximum atomic E-state index is 12.0. The average molecular weight is 253 g/mol. The maximum Gasteiger partial charge on any atom is 0.245 e. The smallest absolute Gasteiger partial charge is 0.245 e. The van der Waals surface area contributed by atoms with Gasteiger partial charge < -0.3 is 15.0 Å². The van der Waals surface area contributed by atoms with Gasteiger partial charge in [-0.05, 0) is 6.92 Å². The number of rotatable bonds is 5. The number of hydrogen-bond donors (Lipinski definition) is 2. The van der Waals surface area contributed by atoms with E-state index in [4.69, 9.17) is 11.2 Å². The van der Waals surface area contributed by atoms with Crippen molar-refractivity contribution >= 4 is 11.8 Å². The highest BCUT2D eigenvalue weighted by atomic mass is 16.5. The number of terminal acetylenes is 1. The van der Waals surface area contributed by atoms with Crippen molar-refractivity contribution in [3.8, 4) is 12.3 Å². The van der Waals surface area contributed by atoms with E-state index in [1.54, 1.807) is 11.8 Å². The highest BCUT2D eigenvalue weighted by molar-refractivity contribution is 5.88. The Morgan fingerprint density at radius 2 is 2.11 bits per heavy atom. The Morgan fingerprint density at radius 3 is 2.72 bits per heavy atom. The molecule has 100 valence electrons. The van der Waals surface area contributed by atoms with E-state index in [-0.39, 0.29) is 18.4 Å². The zero-order chi connectivity index (χ0) is 13.4. The first kappa shape index (κ1) is 14.5. The molecular weight excluding hydrogens is 234 g/mol. The lowest BCUT2D eigenvalue weighted by molar-refractivity contribution is -0.139. The Labute approximate surface area is 107 Å². The van der Waals surface area contributed by atoms with Gasteiger partial charge in [0.2, 0.25) is 11.8 Å². The van der Waals surface area contributed by atoms with E-state index in [1.807, 2.05) is 0 Å². The molecule has 1 atom stereocenters. The minimum Gasteiger partial charge on any atom is -0.378 e. The Kier molecular flexibility index (Phi) is 6.19. The van der Waals surface area contributed by atoms with E-state index in [0.717, 1.165) is 0 Å². The molecule has 1 unspecified atom stereocenters. The van der Waals surface area contributed by atoms with E-state index >= 15 is 0 Å². The summed E-state index contributed by atoms with van der Waals surface area (Å²) < 4.78 is 5.17. The molecule has 1 aliphatic rings. The van der Waals surface area contributed by atoms with Crippen LogP contribution >= 0.6 is 0 Å². The predicted octanol–water partition coefficient (Wildman–Crippen LogP) is -1.43. The second-order valence-electron chi connectivity index (χ2n) is 4.03. The molecule has 0 aromatic heterocycles. The summed E-state index contributed by atoms with van der Waals surface area (Å²) in [5, 5.41) is 5.40. The summed E-state index contributed by atoms with van der Waals surface area (Å²) in [5.74, 6) is 2.05. The molecule has 2 amide bonds. The third-order valence-corrected chi connectivity index (χ3v) is 2.58. The Bertz CT molecular complexity index is 332. The molecule has 1 rings (SSSR count). The van der Waals surface area contributed by atoms with Crippen LogP contribution in [0.2, 0.25) is 0 Å². The van der Waals surface area contributed by atoms with Crippen molar-refractivity contribution in [1.29, 1.82) is 0 Å². The lowest BCUT2D eigenvalue weighted by atomic mass is 10.2. The minimum absolute atomic E-state index is 0.0800. The summed E-state index contributed by atoms with van der Waals surface area (Å²) in [6, 6.07) is -0.525. The first-order valence-corrected chi connectivity index (χ1v) is 5.95. The largest absolute Gasteiger partial charge is 0.378 e. The Morgan fingerprint density at radius 1 is 1.44 bits per heavy atom. The van der Waals surface area contributed by atoms with Crippen LogP contribution in [0, 0.1) is 12.3 Å². The molecular formula is C12H19N3O3. The number of amides is 2. The second-order valence-corrected chi connectivity index (χ2v) is 4.03. The van der Waals surface area contributed by atoms with Gasteiger partial charge in [0.05, 0.1) is 26.3 Å². The first-order chi connectivity index (χ1) is 8.65. The standard InChI is InChI=1S/C12H19N3O3/c1-3-4-13-9-11(16)14-10(2)12(17)15-5-7-18-8-6-15/h1,10,13H,4-9H2,2H3,(H,14,16). The van der Waals surface area contributed by atoms with Crippen molar-refractivity contribution < 1.29 is 14.3 Å². The van der Waals surface area contributed by atoms with Gasteiger partial charge in [0.1, 0.15) is 6.04 Å². The van der Waals surface area contributed by atoms with Crippen LogP contribution in [0.1, 0.15) is 6.92 Å². The van der Waals surface area contributed by atoms with Gasteiger partial charge in [0.25, 0.3) is 0 Å². The molecule has 1 heterocycles. The molecule has 0 spiro atoms. The zero-order valence-electron chi connectivity index (χ0n) is 10.6. The maximum absolute atomic E-state index is 12.0. The summed E-state index contributed by atoms with van der Waals surface area (Å²) in [4.78, 5) is 25.1. The molecule has 1 fully saturated rings. The third kappa shape index (κ3) is 4.73. The summed E-state index contributed by atoms with van der Waals surface area (Å²) in [6.45, 7) is 4.38. The van der Waals surface area contributed by atoms with Gasteiger partial charge in [-0.25, -0.2) is 0 Å². The van der Waals surface area contributed by atoms with Crippen LogP contribution in [0.4, 0.5) is 0 Å². The number of morpholine rings is 1. The minimum atomic E-state index is -0.525. The molecule has 0 saturated carbocycles. The van der Waals surface area contributed by atoms with Gasteiger partial charge in [-0.3, -0.25) is 14.9 Å². The monoisotopic (exact) mass is 253 g/mol. The number of ether oxygens (including phenoxy) is 1. The van der Waals surface area contributed by atoms with E-state index in [0.29, 0.717) is 32.8 Å². The van der Waals surface area contributed by atoms with Crippen LogP contribution in [-0.4, -0.2) is 62.1 Å². The van der Waals surface area contributed by atoms with Crippen molar-refractivity contribution in [2.75, 3.05) is 39.4 Å². The van der Waals surface area contributed by atoms with Gasteiger partial charge in [-0.15, -0.1) is 6.42 Å². The van der Waals surface area contributed by atoms with Gasteiger partial charge in [0.15, 0.2) is 0 Å². The summed E-state index contributed by atoms with van der Waals surface area (Å²) in [5.41, 5.74) is 0.